The average Bonchev–Trinajstić information content (AvgIpc) is 2.62. The predicted octanol–water partition coefficient (Wildman–Crippen LogP) is 1.69. The van der Waals surface area contributed by atoms with Gasteiger partial charge in [0, 0.05) is 33.2 Å². The van der Waals surface area contributed by atoms with Crippen LogP contribution in [0.4, 0.5) is 0 Å². The summed E-state index contributed by atoms with van der Waals surface area (Å²) in [6, 6.07) is 14.1. The Kier molecular flexibility index (Phi) is 6.79. The summed E-state index contributed by atoms with van der Waals surface area (Å²) in [5, 5.41) is 5.51. The molecule has 2 amide bonds. The minimum atomic E-state index is -0.0336. The topological polar surface area (TPSA) is 52.7 Å². The van der Waals surface area contributed by atoms with Crippen molar-refractivity contribution < 1.29 is 9.59 Å². The van der Waals surface area contributed by atoms with Gasteiger partial charge in [-0.1, -0.05) is 42.5 Å². The van der Waals surface area contributed by atoms with Crippen LogP contribution in [0.2, 0.25) is 0 Å². The number of hydrogen-bond donors (Lipinski definition) is 1. The van der Waals surface area contributed by atoms with Gasteiger partial charge in [-0.3, -0.25) is 9.59 Å². The van der Waals surface area contributed by atoms with Crippen LogP contribution in [0.1, 0.15) is 5.56 Å². The predicted molar refractivity (Wildman–Crippen MR) is 102 cm³/mol. The van der Waals surface area contributed by atoms with E-state index in [4.69, 9.17) is 0 Å². The van der Waals surface area contributed by atoms with E-state index in [2.05, 4.69) is 11.4 Å². The summed E-state index contributed by atoms with van der Waals surface area (Å²) in [5.41, 5.74) is 0.972. The number of benzene rings is 2. The van der Waals surface area contributed by atoms with Crippen LogP contribution in [-0.4, -0.2) is 61.4 Å². The molecule has 1 fully saturated rings. The van der Waals surface area contributed by atoms with Gasteiger partial charge in [0.2, 0.25) is 11.8 Å². The summed E-state index contributed by atoms with van der Waals surface area (Å²) in [4.78, 5) is 28.0. The third-order valence-corrected chi connectivity index (χ3v) is 4.44. The van der Waals surface area contributed by atoms with E-state index in [9.17, 15) is 9.59 Å². The van der Waals surface area contributed by atoms with Gasteiger partial charge in [0.1, 0.15) is 0 Å². The lowest BCUT2D eigenvalue weighted by atomic mass is 10.0. The molecule has 1 saturated heterocycles. The van der Waals surface area contributed by atoms with Crippen LogP contribution in [0.5, 0.6) is 0 Å². The molecule has 134 valence electrons. The van der Waals surface area contributed by atoms with Crippen LogP contribution < -0.4 is 5.32 Å². The first-order chi connectivity index (χ1) is 11.6. The molecule has 1 aliphatic rings. The largest absolute Gasteiger partial charge is 0.339 e. The van der Waals surface area contributed by atoms with Crippen molar-refractivity contribution >= 4 is 35.0 Å². The molecule has 3 rings (SSSR count). The molecule has 5 nitrogen and oxygen atoms in total. The third-order valence-electron chi connectivity index (χ3n) is 4.44. The number of fused-ring (bicyclic) bond motifs is 1. The van der Waals surface area contributed by atoms with Crippen LogP contribution in [-0.2, 0) is 16.0 Å². The normalized spacial score (nSPS) is 14.0. The fourth-order valence-electron chi connectivity index (χ4n) is 2.96. The van der Waals surface area contributed by atoms with Gasteiger partial charge in [0.15, 0.2) is 0 Å². The van der Waals surface area contributed by atoms with Gasteiger partial charge in [-0.15, -0.1) is 12.4 Å². The number of carbonyl (C=O) groups is 2. The minimum absolute atomic E-state index is 0. The Morgan fingerprint density at radius 3 is 2.48 bits per heavy atom. The van der Waals surface area contributed by atoms with Crippen LogP contribution >= 0.6 is 12.4 Å². The molecule has 0 saturated carbocycles. The van der Waals surface area contributed by atoms with Gasteiger partial charge in [0.25, 0.3) is 0 Å². The molecular weight excluding hydrogens is 338 g/mol. The van der Waals surface area contributed by atoms with E-state index in [0.717, 1.165) is 29.4 Å². The molecule has 0 unspecified atom stereocenters. The van der Waals surface area contributed by atoms with E-state index in [-0.39, 0.29) is 30.8 Å². The maximum atomic E-state index is 12.4. The molecule has 0 atom stereocenters. The number of piperazine rings is 1. The maximum Gasteiger partial charge on any atom is 0.242 e. The summed E-state index contributed by atoms with van der Waals surface area (Å²) in [5.74, 6) is -0.0142. The van der Waals surface area contributed by atoms with Crippen molar-refractivity contribution in [1.82, 2.24) is 15.1 Å². The van der Waals surface area contributed by atoms with Crippen LogP contribution in [0.15, 0.2) is 42.5 Å². The van der Waals surface area contributed by atoms with Gasteiger partial charge < -0.3 is 15.1 Å². The van der Waals surface area contributed by atoms with Crippen molar-refractivity contribution in [3.05, 3.63) is 48.0 Å². The van der Waals surface area contributed by atoms with E-state index in [1.807, 2.05) is 41.3 Å². The molecule has 0 bridgehead atoms. The summed E-state index contributed by atoms with van der Waals surface area (Å²) >= 11 is 0. The number of carbonyl (C=O) groups excluding carboxylic acids is 2. The number of hydrogen-bond acceptors (Lipinski definition) is 3. The van der Waals surface area contributed by atoms with Crippen LogP contribution in [0.25, 0.3) is 10.8 Å². The maximum absolute atomic E-state index is 12.4. The lowest BCUT2D eigenvalue weighted by Gasteiger charge is -2.29. The number of rotatable bonds is 4. The molecule has 0 aliphatic carbocycles. The molecule has 6 heteroatoms. The van der Waals surface area contributed by atoms with Crippen molar-refractivity contribution in [2.75, 3.05) is 39.8 Å². The lowest BCUT2D eigenvalue weighted by molar-refractivity contribution is -0.139. The zero-order valence-electron chi connectivity index (χ0n) is 14.4. The molecule has 2 aromatic carbocycles. The third kappa shape index (κ3) is 4.94. The number of nitrogens with one attached hydrogen (secondary N) is 1. The van der Waals surface area contributed by atoms with Crippen molar-refractivity contribution in [3.63, 3.8) is 0 Å². The number of nitrogens with zero attached hydrogens (tertiary/aromatic N) is 2. The van der Waals surface area contributed by atoms with Crippen molar-refractivity contribution in [3.8, 4) is 0 Å². The smallest absolute Gasteiger partial charge is 0.242 e. The number of halogens is 1. The van der Waals surface area contributed by atoms with Gasteiger partial charge >= 0.3 is 0 Å². The molecule has 1 aliphatic heterocycles. The number of amides is 2. The van der Waals surface area contributed by atoms with Gasteiger partial charge in [-0.2, -0.15) is 0 Å². The highest BCUT2D eigenvalue weighted by molar-refractivity contribution is 5.87. The number of likely N-dealkylation sites (N-methyl/N-ethyl adjacent to an activating group) is 1. The zero-order chi connectivity index (χ0) is 16.9. The van der Waals surface area contributed by atoms with Crippen LogP contribution in [0.3, 0.4) is 0 Å². The standard InChI is InChI=1S/C19H23N3O2.ClH/c1-21(14-19(24)22-10-8-20-9-11-22)18(23)13-15-6-7-16-4-2-3-5-17(16)12-15;/h2-7,12,20H,8-11,13-14H2,1H3;1H. The van der Waals surface area contributed by atoms with Crippen molar-refractivity contribution in [2.24, 2.45) is 0 Å². The molecule has 0 aromatic heterocycles. The summed E-state index contributed by atoms with van der Waals surface area (Å²) in [7, 11) is 1.70. The van der Waals surface area contributed by atoms with Crippen LogP contribution in [0, 0.1) is 0 Å². The quantitative estimate of drug-likeness (QED) is 0.901. The van der Waals surface area contributed by atoms with E-state index in [1.54, 1.807) is 7.05 Å². The Hall–Kier alpha value is -2.11. The molecule has 0 spiro atoms. The van der Waals surface area contributed by atoms with E-state index in [1.165, 1.54) is 4.90 Å². The Labute approximate surface area is 154 Å². The fraction of sp³-hybridized carbons (Fsp3) is 0.368. The minimum Gasteiger partial charge on any atom is -0.339 e. The zero-order valence-corrected chi connectivity index (χ0v) is 15.2. The van der Waals surface area contributed by atoms with Gasteiger partial charge in [-0.25, -0.2) is 0 Å². The fourth-order valence-corrected chi connectivity index (χ4v) is 2.96. The molecule has 2 aromatic rings. The SMILES string of the molecule is CN(CC(=O)N1CCNCC1)C(=O)Cc1ccc2ccccc2c1.Cl. The Bertz CT molecular complexity index is 744. The Morgan fingerprint density at radius 1 is 1.08 bits per heavy atom. The summed E-state index contributed by atoms with van der Waals surface area (Å²) < 4.78 is 0. The Morgan fingerprint density at radius 2 is 1.76 bits per heavy atom. The highest BCUT2D eigenvalue weighted by Crippen LogP contribution is 2.16. The molecular formula is C19H24ClN3O2. The van der Waals surface area contributed by atoms with E-state index in [0.29, 0.717) is 19.5 Å². The Balaban J connectivity index is 0.00000225. The van der Waals surface area contributed by atoms with E-state index < -0.39 is 0 Å². The van der Waals surface area contributed by atoms with Crippen molar-refractivity contribution in [1.29, 1.82) is 0 Å². The second-order valence-corrected chi connectivity index (χ2v) is 6.24. The molecule has 1 N–H and O–H groups in total. The highest BCUT2D eigenvalue weighted by atomic mass is 35.5. The summed E-state index contributed by atoms with van der Waals surface area (Å²) in [6.45, 7) is 3.21. The first kappa shape index (κ1) is 19.2. The summed E-state index contributed by atoms with van der Waals surface area (Å²) in [6.07, 6.45) is 0.316. The van der Waals surface area contributed by atoms with Gasteiger partial charge in [0.05, 0.1) is 13.0 Å². The monoisotopic (exact) mass is 361 g/mol. The molecule has 0 radical (unpaired) electrons. The second-order valence-electron chi connectivity index (χ2n) is 6.24. The second kappa shape index (κ2) is 8.83. The first-order valence-corrected chi connectivity index (χ1v) is 8.33. The molecule has 25 heavy (non-hydrogen) atoms. The average molecular weight is 362 g/mol. The highest BCUT2D eigenvalue weighted by Gasteiger charge is 2.20. The van der Waals surface area contributed by atoms with Crippen molar-refractivity contribution in [2.45, 2.75) is 6.42 Å². The first-order valence-electron chi connectivity index (χ1n) is 8.33. The van der Waals surface area contributed by atoms with Gasteiger partial charge in [-0.05, 0) is 16.3 Å². The van der Waals surface area contributed by atoms with E-state index >= 15 is 0 Å². The lowest BCUT2D eigenvalue weighted by Crippen LogP contribution is -2.49. The molecule has 1 heterocycles.